The van der Waals surface area contributed by atoms with E-state index in [1.165, 1.54) is 29.6 Å². The maximum absolute atomic E-state index is 12.3. The summed E-state index contributed by atoms with van der Waals surface area (Å²) in [5.41, 5.74) is 1.32. The van der Waals surface area contributed by atoms with Gasteiger partial charge in [-0.25, -0.2) is 4.79 Å². The van der Waals surface area contributed by atoms with E-state index in [-0.39, 0.29) is 5.00 Å². The molecule has 0 saturated carbocycles. The predicted molar refractivity (Wildman–Crippen MR) is 112 cm³/mol. The normalized spacial score (nSPS) is 12.0. The van der Waals surface area contributed by atoms with Crippen LogP contribution in [0.3, 0.4) is 0 Å². The van der Waals surface area contributed by atoms with E-state index >= 15 is 0 Å². The summed E-state index contributed by atoms with van der Waals surface area (Å²) in [5.74, 6) is -0.867. The van der Waals surface area contributed by atoms with Gasteiger partial charge in [-0.2, -0.15) is 4.99 Å². The minimum Gasteiger partial charge on any atom is -0.462 e. The molecule has 0 spiro atoms. The molecule has 0 fully saturated rings. The van der Waals surface area contributed by atoms with E-state index in [1.54, 1.807) is 25.1 Å². The highest BCUT2D eigenvalue weighted by Gasteiger charge is 2.12. The fraction of sp³-hybridized carbons (Fsp3) is 0.211. The number of carbonyl (C=O) groups is 2. The number of thiophene rings is 1. The summed E-state index contributed by atoms with van der Waals surface area (Å²) in [6.45, 7) is 4.59. The maximum atomic E-state index is 12.3. The number of aromatic nitrogens is 1. The molecule has 1 amide bonds. The molecular formula is C19H17N3O5S2. The Morgan fingerprint density at radius 1 is 1.24 bits per heavy atom. The van der Waals surface area contributed by atoms with Crippen molar-refractivity contribution >= 4 is 55.8 Å². The van der Waals surface area contributed by atoms with Crippen molar-refractivity contribution < 1.29 is 19.2 Å². The molecule has 0 aliphatic carbocycles. The average Bonchev–Trinajstić information content (AvgIpc) is 3.30. The minimum atomic E-state index is -0.472. The summed E-state index contributed by atoms with van der Waals surface area (Å²) in [6, 6.07) is 8.20. The Hall–Kier alpha value is -3.11. The van der Waals surface area contributed by atoms with E-state index < -0.39 is 16.8 Å². The van der Waals surface area contributed by atoms with Crippen LogP contribution in [0, 0.1) is 10.1 Å². The number of aryl methyl sites for hydroxylation is 1. The standard InChI is InChI=1S/C19H17N3O5S2/c1-3-21-14-8-5-12(18(24)27-4-2)11-15(14)29-19(21)20-16(23)9-6-13-7-10-17(28-13)22(25)26/h5-11H,3-4H2,1-2H3/b9-6+,20-19?. The first-order valence-electron chi connectivity index (χ1n) is 8.74. The van der Waals surface area contributed by atoms with E-state index in [2.05, 4.69) is 4.99 Å². The number of thiazole rings is 1. The van der Waals surface area contributed by atoms with E-state index in [9.17, 15) is 19.7 Å². The lowest BCUT2D eigenvalue weighted by Crippen LogP contribution is -2.15. The van der Waals surface area contributed by atoms with Crippen molar-refractivity contribution in [3.8, 4) is 0 Å². The first kappa shape index (κ1) is 20.6. The minimum absolute atomic E-state index is 0.0137. The van der Waals surface area contributed by atoms with Crippen LogP contribution in [0.5, 0.6) is 0 Å². The molecule has 0 N–H and O–H groups in total. The van der Waals surface area contributed by atoms with Crippen LogP contribution in [0.1, 0.15) is 29.1 Å². The number of amides is 1. The van der Waals surface area contributed by atoms with Gasteiger partial charge in [0, 0.05) is 23.6 Å². The highest BCUT2D eigenvalue weighted by Crippen LogP contribution is 2.25. The quantitative estimate of drug-likeness (QED) is 0.254. The molecule has 0 atom stereocenters. The fourth-order valence-electron chi connectivity index (χ4n) is 2.62. The maximum Gasteiger partial charge on any atom is 0.338 e. The molecule has 0 saturated heterocycles. The number of benzene rings is 1. The Morgan fingerprint density at radius 3 is 2.69 bits per heavy atom. The molecule has 3 rings (SSSR count). The van der Waals surface area contributed by atoms with E-state index in [0.29, 0.717) is 28.4 Å². The van der Waals surface area contributed by atoms with Crippen LogP contribution in [0.15, 0.2) is 41.4 Å². The van der Waals surface area contributed by atoms with Crippen molar-refractivity contribution in [2.24, 2.45) is 4.99 Å². The fourth-order valence-corrected chi connectivity index (χ4v) is 4.48. The smallest absolute Gasteiger partial charge is 0.338 e. The number of rotatable bonds is 6. The van der Waals surface area contributed by atoms with Crippen LogP contribution in [0.4, 0.5) is 5.00 Å². The summed E-state index contributed by atoms with van der Waals surface area (Å²) < 4.78 is 7.73. The van der Waals surface area contributed by atoms with Crippen molar-refractivity contribution in [1.29, 1.82) is 0 Å². The van der Waals surface area contributed by atoms with Crippen LogP contribution in [0.2, 0.25) is 0 Å². The van der Waals surface area contributed by atoms with Gasteiger partial charge in [0.15, 0.2) is 4.80 Å². The third kappa shape index (κ3) is 4.66. The molecular weight excluding hydrogens is 414 g/mol. The molecule has 150 valence electrons. The molecule has 0 bridgehead atoms. The molecule has 10 heteroatoms. The molecule has 8 nitrogen and oxygen atoms in total. The SMILES string of the molecule is CCOC(=O)c1ccc2c(c1)sc(=NC(=O)/C=C/c1ccc([N+](=O)[O-])s1)n2CC. The lowest BCUT2D eigenvalue weighted by molar-refractivity contribution is -0.380. The Morgan fingerprint density at radius 2 is 2.03 bits per heavy atom. The molecule has 2 aromatic heterocycles. The average molecular weight is 431 g/mol. The van der Waals surface area contributed by atoms with E-state index in [1.807, 2.05) is 17.6 Å². The summed E-state index contributed by atoms with van der Waals surface area (Å²) in [7, 11) is 0. The first-order chi connectivity index (χ1) is 13.9. The van der Waals surface area contributed by atoms with Crippen LogP contribution in [-0.4, -0.2) is 28.0 Å². The highest BCUT2D eigenvalue weighted by atomic mass is 32.1. The van der Waals surface area contributed by atoms with Crippen molar-refractivity contribution in [2.45, 2.75) is 20.4 Å². The first-order valence-corrected chi connectivity index (χ1v) is 10.4. The van der Waals surface area contributed by atoms with E-state index in [0.717, 1.165) is 21.6 Å². The largest absolute Gasteiger partial charge is 0.462 e. The van der Waals surface area contributed by atoms with Crippen LogP contribution in [-0.2, 0) is 16.1 Å². The number of nitro groups is 1. The van der Waals surface area contributed by atoms with Crippen molar-refractivity contribution in [1.82, 2.24) is 4.57 Å². The monoisotopic (exact) mass is 431 g/mol. The number of fused-ring (bicyclic) bond motifs is 1. The van der Waals surface area contributed by atoms with Gasteiger partial charge in [0.05, 0.1) is 27.3 Å². The van der Waals surface area contributed by atoms with Crippen LogP contribution >= 0.6 is 22.7 Å². The van der Waals surface area contributed by atoms with Crippen molar-refractivity contribution in [3.63, 3.8) is 0 Å². The molecule has 1 aromatic carbocycles. The van der Waals surface area contributed by atoms with Gasteiger partial charge in [-0.3, -0.25) is 14.9 Å². The molecule has 0 aliphatic rings. The predicted octanol–water partition coefficient (Wildman–Crippen LogP) is 4.01. The number of hydrogen-bond donors (Lipinski definition) is 0. The molecule has 0 unspecified atom stereocenters. The number of esters is 1. The second kappa shape index (κ2) is 8.93. The lowest BCUT2D eigenvalue weighted by Gasteiger charge is -2.03. The van der Waals surface area contributed by atoms with Gasteiger partial charge in [0.25, 0.3) is 5.91 Å². The molecule has 0 radical (unpaired) electrons. The zero-order valence-corrected chi connectivity index (χ0v) is 17.3. The Bertz CT molecular complexity index is 1190. The van der Waals surface area contributed by atoms with Gasteiger partial charge in [-0.1, -0.05) is 22.7 Å². The van der Waals surface area contributed by atoms with Gasteiger partial charge in [0.1, 0.15) is 0 Å². The van der Waals surface area contributed by atoms with Gasteiger partial charge in [0.2, 0.25) is 0 Å². The zero-order chi connectivity index (χ0) is 21.0. The number of nitrogens with zero attached hydrogens (tertiary/aromatic N) is 3. The van der Waals surface area contributed by atoms with Gasteiger partial charge >= 0.3 is 11.0 Å². The molecule has 3 aromatic rings. The molecule has 2 heterocycles. The van der Waals surface area contributed by atoms with Gasteiger partial charge in [-0.05, 0) is 44.2 Å². The summed E-state index contributed by atoms with van der Waals surface area (Å²) in [6.07, 6.45) is 2.79. The topological polar surface area (TPSA) is 104 Å². The van der Waals surface area contributed by atoms with Crippen LogP contribution in [0.25, 0.3) is 16.3 Å². The van der Waals surface area contributed by atoms with Gasteiger partial charge < -0.3 is 9.30 Å². The number of hydrogen-bond acceptors (Lipinski definition) is 7. The summed E-state index contributed by atoms with van der Waals surface area (Å²) in [4.78, 5) is 39.7. The summed E-state index contributed by atoms with van der Waals surface area (Å²) in [5, 5.41) is 10.7. The van der Waals surface area contributed by atoms with Crippen LogP contribution < -0.4 is 4.80 Å². The number of ether oxygens (including phenoxy) is 1. The number of carbonyl (C=O) groups excluding carboxylic acids is 2. The lowest BCUT2D eigenvalue weighted by atomic mass is 10.2. The van der Waals surface area contributed by atoms with Crippen molar-refractivity contribution in [3.05, 3.63) is 61.8 Å². The van der Waals surface area contributed by atoms with Gasteiger partial charge in [-0.15, -0.1) is 0 Å². The van der Waals surface area contributed by atoms with E-state index in [4.69, 9.17) is 4.74 Å². The third-order valence-corrected chi connectivity index (χ3v) is 5.94. The Kier molecular flexibility index (Phi) is 6.35. The Balaban J connectivity index is 1.91. The highest BCUT2D eigenvalue weighted by molar-refractivity contribution is 7.16. The third-order valence-electron chi connectivity index (χ3n) is 3.90. The molecule has 0 aliphatic heterocycles. The summed E-state index contributed by atoms with van der Waals surface area (Å²) >= 11 is 2.29. The molecule has 29 heavy (non-hydrogen) atoms. The van der Waals surface area contributed by atoms with Crippen molar-refractivity contribution in [2.75, 3.05) is 6.61 Å². The second-order valence-corrected chi connectivity index (χ2v) is 7.85. The second-order valence-electron chi connectivity index (χ2n) is 5.75. The zero-order valence-electron chi connectivity index (χ0n) is 15.7. The Labute approximate surface area is 173 Å².